The molecule has 0 bridgehead atoms. The molecule has 1 saturated carbocycles. The van der Waals surface area contributed by atoms with Crippen LogP contribution in [-0.2, 0) is 20.9 Å². The lowest BCUT2D eigenvalue weighted by Gasteiger charge is -2.14. The fourth-order valence-corrected chi connectivity index (χ4v) is 3.52. The van der Waals surface area contributed by atoms with E-state index in [9.17, 15) is 4.79 Å². The van der Waals surface area contributed by atoms with Gasteiger partial charge in [0.25, 0.3) is 0 Å². The second-order valence-electron chi connectivity index (χ2n) is 7.53. The van der Waals surface area contributed by atoms with Gasteiger partial charge in [-0.25, -0.2) is 0 Å². The predicted octanol–water partition coefficient (Wildman–Crippen LogP) is 5.14. The van der Waals surface area contributed by atoms with E-state index < -0.39 is 5.60 Å². The second kappa shape index (κ2) is 7.57. The third-order valence-electron chi connectivity index (χ3n) is 5.46. The standard InChI is InChI=1S/C23H26O4/c1-5-14-26-23(4)20(22(23,2)3)21(24)25-16-17-10-9-13-19(15-17)27-18-11-7-6-8-12-18/h5-13,15,20H,1,14,16H2,2-4H3. The smallest absolute Gasteiger partial charge is 0.312 e. The second-order valence-corrected chi connectivity index (χ2v) is 7.53. The summed E-state index contributed by atoms with van der Waals surface area (Å²) >= 11 is 0. The van der Waals surface area contributed by atoms with E-state index in [-0.39, 0.29) is 23.9 Å². The van der Waals surface area contributed by atoms with Crippen molar-refractivity contribution >= 4 is 5.97 Å². The molecule has 0 amide bonds. The van der Waals surface area contributed by atoms with Crippen molar-refractivity contribution < 1.29 is 19.0 Å². The Labute approximate surface area is 160 Å². The Balaban J connectivity index is 1.59. The molecule has 27 heavy (non-hydrogen) atoms. The first-order chi connectivity index (χ1) is 12.9. The van der Waals surface area contributed by atoms with Gasteiger partial charge in [-0.05, 0) is 36.8 Å². The minimum atomic E-state index is -0.517. The highest BCUT2D eigenvalue weighted by Crippen LogP contribution is 2.64. The van der Waals surface area contributed by atoms with Crippen molar-refractivity contribution in [2.45, 2.75) is 33.0 Å². The van der Waals surface area contributed by atoms with E-state index in [0.717, 1.165) is 11.3 Å². The average Bonchev–Trinajstić information content (AvgIpc) is 3.11. The highest BCUT2D eigenvalue weighted by molar-refractivity contribution is 5.80. The Hall–Kier alpha value is -2.59. The first-order valence-corrected chi connectivity index (χ1v) is 9.12. The lowest BCUT2D eigenvalue weighted by atomic mass is 10.1. The lowest BCUT2D eigenvalue weighted by molar-refractivity contribution is -0.149. The van der Waals surface area contributed by atoms with Gasteiger partial charge in [0, 0.05) is 5.41 Å². The molecule has 2 aromatic carbocycles. The van der Waals surface area contributed by atoms with Crippen LogP contribution in [0.1, 0.15) is 26.3 Å². The van der Waals surface area contributed by atoms with Crippen molar-refractivity contribution in [3.8, 4) is 11.5 Å². The molecule has 142 valence electrons. The molecule has 3 rings (SSSR count). The summed E-state index contributed by atoms with van der Waals surface area (Å²) in [5, 5.41) is 0. The van der Waals surface area contributed by atoms with Gasteiger partial charge in [0.15, 0.2) is 0 Å². The van der Waals surface area contributed by atoms with E-state index in [0.29, 0.717) is 12.4 Å². The summed E-state index contributed by atoms with van der Waals surface area (Å²) in [5.74, 6) is 0.955. The summed E-state index contributed by atoms with van der Waals surface area (Å²) in [7, 11) is 0. The molecule has 0 radical (unpaired) electrons. The van der Waals surface area contributed by atoms with Crippen molar-refractivity contribution in [2.75, 3.05) is 6.61 Å². The highest BCUT2D eigenvalue weighted by Gasteiger charge is 2.73. The number of rotatable bonds is 8. The Morgan fingerprint density at radius 1 is 1.07 bits per heavy atom. The molecule has 0 heterocycles. The molecule has 4 heteroatoms. The zero-order chi connectivity index (χ0) is 19.5. The van der Waals surface area contributed by atoms with Gasteiger partial charge in [0.2, 0.25) is 0 Å². The van der Waals surface area contributed by atoms with Crippen LogP contribution in [0.25, 0.3) is 0 Å². The highest BCUT2D eigenvalue weighted by atomic mass is 16.5. The molecule has 0 spiro atoms. The van der Waals surface area contributed by atoms with Crippen LogP contribution in [0.3, 0.4) is 0 Å². The number of carbonyl (C=O) groups excluding carboxylic acids is 1. The lowest BCUT2D eigenvalue weighted by Crippen LogP contribution is -2.20. The molecule has 4 nitrogen and oxygen atoms in total. The van der Waals surface area contributed by atoms with E-state index in [1.165, 1.54) is 0 Å². The van der Waals surface area contributed by atoms with Gasteiger partial charge in [0.1, 0.15) is 18.1 Å². The zero-order valence-corrected chi connectivity index (χ0v) is 16.1. The van der Waals surface area contributed by atoms with Gasteiger partial charge in [-0.1, -0.05) is 50.3 Å². The van der Waals surface area contributed by atoms with Gasteiger partial charge in [-0.15, -0.1) is 6.58 Å². The Morgan fingerprint density at radius 2 is 1.78 bits per heavy atom. The number of carbonyl (C=O) groups is 1. The number of ether oxygens (including phenoxy) is 3. The molecule has 1 aliphatic carbocycles. The van der Waals surface area contributed by atoms with Gasteiger partial charge in [-0.2, -0.15) is 0 Å². The van der Waals surface area contributed by atoms with Gasteiger partial charge in [0.05, 0.1) is 18.1 Å². The van der Waals surface area contributed by atoms with Crippen LogP contribution >= 0.6 is 0 Å². The van der Waals surface area contributed by atoms with Crippen LogP contribution in [-0.4, -0.2) is 18.2 Å². The molecule has 2 atom stereocenters. The minimum absolute atomic E-state index is 0.203. The maximum Gasteiger partial charge on any atom is 0.312 e. The van der Waals surface area contributed by atoms with Crippen molar-refractivity contribution in [3.63, 3.8) is 0 Å². The van der Waals surface area contributed by atoms with Gasteiger partial charge in [-0.3, -0.25) is 4.79 Å². The van der Waals surface area contributed by atoms with Crippen LogP contribution in [0, 0.1) is 11.3 Å². The Morgan fingerprint density at radius 3 is 2.48 bits per heavy atom. The molecule has 2 aromatic rings. The molecular weight excluding hydrogens is 340 g/mol. The van der Waals surface area contributed by atoms with Crippen molar-refractivity contribution in [3.05, 3.63) is 72.8 Å². The molecule has 0 N–H and O–H groups in total. The zero-order valence-electron chi connectivity index (χ0n) is 16.1. The van der Waals surface area contributed by atoms with Crippen molar-refractivity contribution in [1.82, 2.24) is 0 Å². The first-order valence-electron chi connectivity index (χ1n) is 9.12. The average molecular weight is 366 g/mol. The summed E-state index contributed by atoms with van der Waals surface area (Å²) in [6.07, 6.45) is 1.69. The van der Waals surface area contributed by atoms with E-state index in [1.807, 2.05) is 75.4 Å². The molecule has 0 saturated heterocycles. The SMILES string of the molecule is C=CCOC1(C)C(C(=O)OCc2cccc(Oc3ccccc3)c2)C1(C)C. The quantitative estimate of drug-likeness (QED) is 0.479. The maximum absolute atomic E-state index is 12.6. The largest absolute Gasteiger partial charge is 0.460 e. The normalized spacial score (nSPS) is 22.7. The van der Waals surface area contributed by atoms with Crippen LogP contribution in [0.15, 0.2) is 67.3 Å². The summed E-state index contributed by atoms with van der Waals surface area (Å²) in [6, 6.07) is 17.1. The summed E-state index contributed by atoms with van der Waals surface area (Å²) in [5.41, 5.74) is 0.103. The molecule has 0 aliphatic heterocycles. The Bertz CT molecular complexity index is 812. The summed E-state index contributed by atoms with van der Waals surface area (Å²) in [4.78, 5) is 12.6. The molecule has 0 aromatic heterocycles. The summed E-state index contributed by atoms with van der Waals surface area (Å²) < 4.78 is 17.2. The molecule has 1 aliphatic rings. The van der Waals surface area contributed by atoms with E-state index in [1.54, 1.807) is 6.08 Å². The number of hydrogen-bond donors (Lipinski definition) is 0. The maximum atomic E-state index is 12.6. The van der Waals surface area contributed by atoms with Crippen molar-refractivity contribution in [1.29, 1.82) is 0 Å². The number of benzene rings is 2. The number of esters is 1. The summed E-state index contributed by atoms with van der Waals surface area (Å²) in [6.45, 7) is 10.3. The number of para-hydroxylation sites is 1. The molecular formula is C23H26O4. The first kappa shape index (κ1) is 19.2. The fraction of sp³-hybridized carbons (Fsp3) is 0.348. The Kier molecular flexibility index (Phi) is 5.38. The van der Waals surface area contributed by atoms with E-state index in [4.69, 9.17) is 14.2 Å². The minimum Gasteiger partial charge on any atom is -0.460 e. The van der Waals surface area contributed by atoms with Gasteiger partial charge >= 0.3 is 5.97 Å². The van der Waals surface area contributed by atoms with Crippen LogP contribution in [0.5, 0.6) is 11.5 Å². The van der Waals surface area contributed by atoms with Crippen LogP contribution < -0.4 is 4.74 Å². The van der Waals surface area contributed by atoms with E-state index >= 15 is 0 Å². The van der Waals surface area contributed by atoms with Crippen LogP contribution in [0.2, 0.25) is 0 Å². The monoisotopic (exact) mass is 366 g/mol. The predicted molar refractivity (Wildman–Crippen MR) is 105 cm³/mol. The van der Waals surface area contributed by atoms with Gasteiger partial charge < -0.3 is 14.2 Å². The third kappa shape index (κ3) is 3.91. The molecule has 1 fully saturated rings. The molecule has 2 unspecified atom stereocenters. The third-order valence-corrected chi connectivity index (χ3v) is 5.46. The fourth-order valence-electron chi connectivity index (χ4n) is 3.52. The van der Waals surface area contributed by atoms with Crippen molar-refractivity contribution in [2.24, 2.45) is 11.3 Å². The topological polar surface area (TPSA) is 44.8 Å². The van der Waals surface area contributed by atoms with Crippen LogP contribution in [0.4, 0.5) is 0 Å². The van der Waals surface area contributed by atoms with E-state index in [2.05, 4.69) is 6.58 Å². The number of hydrogen-bond acceptors (Lipinski definition) is 4.